The third kappa shape index (κ3) is 4.19. The lowest BCUT2D eigenvalue weighted by Crippen LogP contribution is -2.05. The molecule has 0 N–H and O–H groups in total. The number of ether oxygens (including phenoxy) is 1. The molecule has 0 aliphatic heterocycles. The highest BCUT2D eigenvalue weighted by atomic mass is 19.4. The van der Waals surface area contributed by atoms with Gasteiger partial charge in [-0.05, 0) is 42.0 Å². The van der Waals surface area contributed by atoms with E-state index in [1.807, 2.05) is 0 Å². The second-order valence-corrected chi connectivity index (χ2v) is 4.18. The van der Waals surface area contributed by atoms with Crippen molar-refractivity contribution in [2.24, 2.45) is 4.99 Å². The predicted octanol–water partition coefficient (Wildman–Crippen LogP) is 4.25. The fourth-order valence-electron chi connectivity index (χ4n) is 1.63. The summed E-state index contributed by atoms with van der Waals surface area (Å²) in [6, 6.07) is 11.1. The lowest BCUT2D eigenvalue weighted by Gasteiger charge is -2.09. The standard InChI is InChI=1S/C15H10F3NO2/c16-15(17,18)12-3-1-11(2-4-12)9-21-14-7-5-13(6-8-14)19-10-20/h1-8H,9H2. The van der Waals surface area contributed by atoms with Crippen LogP contribution in [0.4, 0.5) is 18.9 Å². The molecule has 6 heteroatoms. The zero-order chi connectivity index (χ0) is 15.3. The molecule has 0 atom stereocenters. The monoisotopic (exact) mass is 293 g/mol. The van der Waals surface area contributed by atoms with Gasteiger partial charge < -0.3 is 4.74 Å². The van der Waals surface area contributed by atoms with E-state index >= 15 is 0 Å². The van der Waals surface area contributed by atoms with Crippen LogP contribution in [0.25, 0.3) is 0 Å². The van der Waals surface area contributed by atoms with Crippen molar-refractivity contribution in [1.82, 2.24) is 0 Å². The molecule has 0 bridgehead atoms. The first-order valence-electron chi connectivity index (χ1n) is 5.96. The summed E-state index contributed by atoms with van der Waals surface area (Å²) in [5.74, 6) is 0.528. The van der Waals surface area contributed by atoms with Gasteiger partial charge in [-0.1, -0.05) is 12.1 Å². The van der Waals surface area contributed by atoms with Gasteiger partial charge in [0, 0.05) is 0 Å². The Morgan fingerprint density at radius 3 is 2.14 bits per heavy atom. The average molecular weight is 293 g/mol. The van der Waals surface area contributed by atoms with E-state index in [2.05, 4.69) is 4.99 Å². The first kappa shape index (κ1) is 14.8. The lowest BCUT2D eigenvalue weighted by molar-refractivity contribution is -0.137. The number of hydrogen-bond acceptors (Lipinski definition) is 3. The minimum absolute atomic E-state index is 0.147. The van der Waals surface area contributed by atoms with E-state index in [9.17, 15) is 18.0 Å². The summed E-state index contributed by atoms with van der Waals surface area (Å²) in [6.07, 6.45) is -2.92. The summed E-state index contributed by atoms with van der Waals surface area (Å²) in [5, 5.41) is 0. The highest BCUT2D eigenvalue weighted by Gasteiger charge is 2.29. The van der Waals surface area contributed by atoms with Crippen LogP contribution < -0.4 is 4.74 Å². The molecule has 2 aromatic rings. The SMILES string of the molecule is O=C=Nc1ccc(OCc2ccc(C(F)(F)F)cc2)cc1. The normalized spacial score (nSPS) is 10.8. The van der Waals surface area contributed by atoms with Crippen molar-refractivity contribution in [2.75, 3.05) is 0 Å². The maximum absolute atomic E-state index is 12.4. The smallest absolute Gasteiger partial charge is 0.416 e. The number of benzene rings is 2. The molecule has 2 aromatic carbocycles. The molecule has 0 radical (unpaired) electrons. The van der Waals surface area contributed by atoms with Crippen molar-refractivity contribution in [2.45, 2.75) is 12.8 Å². The van der Waals surface area contributed by atoms with Gasteiger partial charge in [0.05, 0.1) is 11.3 Å². The topological polar surface area (TPSA) is 38.7 Å². The summed E-state index contributed by atoms with van der Waals surface area (Å²) in [7, 11) is 0. The zero-order valence-electron chi connectivity index (χ0n) is 10.7. The second kappa shape index (κ2) is 6.24. The largest absolute Gasteiger partial charge is 0.489 e. The summed E-state index contributed by atoms with van der Waals surface area (Å²) in [6.45, 7) is 0.147. The molecule has 0 fully saturated rings. The van der Waals surface area contributed by atoms with Crippen LogP contribution in [0.3, 0.4) is 0 Å². The Morgan fingerprint density at radius 2 is 1.62 bits per heavy atom. The number of rotatable bonds is 4. The summed E-state index contributed by atoms with van der Waals surface area (Å²) < 4.78 is 42.6. The second-order valence-electron chi connectivity index (χ2n) is 4.18. The van der Waals surface area contributed by atoms with Gasteiger partial charge in [0.25, 0.3) is 0 Å². The van der Waals surface area contributed by atoms with Gasteiger partial charge in [-0.25, -0.2) is 4.79 Å². The molecule has 0 saturated heterocycles. The fourth-order valence-corrected chi connectivity index (χ4v) is 1.63. The van der Waals surface area contributed by atoms with E-state index in [0.29, 0.717) is 17.0 Å². The van der Waals surface area contributed by atoms with Crippen LogP contribution in [0.1, 0.15) is 11.1 Å². The van der Waals surface area contributed by atoms with Crippen molar-refractivity contribution in [3.63, 3.8) is 0 Å². The summed E-state index contributed by atoms with van der Waals surface area (Å²) in [4.78, 5) is 13.5. The van der Waals surface area contributed by atoms with E-state index in [1.165, 1.54) is 18.2 Å². The number of carbonyl (C=O) groups excluding carboxylic acids is 1. The van der Waals surface area contributed by atoms with Crippen molar-refractivity contribution >= 4 is 11.8 Å². The van der Waals surface area contributed by atoms with Gasteiger partial charge in [-0.2, -0.15) is 18.2 Å². The molecule has 0 saturated carbocycles. The van der Waals surface area contributed by atoms with E-state index in [1.54, 1.807) is 24.3 Å². The quantitative estimate of drug-likeness (QED) is 0.624. The van der Waals surface area contributed by atoms with Gasteiger partial charge >= 0.3 is 6.18 Å². The molecule has 0 heterocycles. The van der Waals surface area contributed by atoms with E-state index in [0.717, 1.165) is 12.1 Å². The van der Waals surface area contributed by atoms with Gasteiger partial charge in [-0.3, -0.25) is 0 Å². The highest BCUT2D eigenvalue weighted by molar-refractivity contribution is 5.50. The van der Waals surface area contributed by atoms with Crippen LogP contribution in [0.5, 0.6) is 5.75 Å². The number of aliphatic imine (C=N–C) groups is 1. The van der Waals surface area contributed by atoms with E-state index in [-0.39, 0.29) is 6.61 Å². The number of hydrogen-bond donors (Lipinski definition) is 0. The third-order valence-corrected chi connectivity index (χ3v) is 2.70. The molecule has 0 unspecified atom stereocenters. The van der Waals surface area contributed by atoms with E-state index in [4.69, 9.17) is 4.74 Å². The van der Waals surface area contributed by atoms with Gasteiger partial charge in [0.1, 0.15) is 12.4 Å². The van der Waals surface area contributed by atoms with Crippen molar-refractivity contribution in [3.05, 3.63) is 59.7 Å². The Labute approximate surface area is 118 Å². The van der Waals surface area contributed by atoms with Crippen LogP contribution in [0.2, 0.25) is 0 Å². The number of isocyanates is 1. The molecular formula is C15H10F3NO2. The molecule has 3 nitrogen and oxygen atoms in total. The van der Waals surface area contributed by atoms with Crippen molar-refractivity contribution in [3.8, 4) is 5.75 Å². The summed E-state index contributed by atoms with van der Waals surface area (Å²) in [5.41, 5.74) is 0.382. The maximum atomic E-state index is 12.4. The molecule has 0 aliphatic rings. The zero-order valence-corrected chi connectivity index (χ0v) is 10.7. The van der Waals surface area contributed by atoms with Gasteiger partial charge in [0.15, 0.2) is 0 Å². The first-order chi connectivity index (χ1) is 9.99. The fraction of sp³-hybridized carbons (Fsp3) is 0.133. The Morgan fingerprint density at radius 1 is 1.00 bits per heavy atom. The van der Waals surface area contributed by atoms with Crippen LogP contribution in [-0.4, -0.2) is 6.08 Å². The molecule has 0 spiro atoms. The Bertz CT molecular complexity index is 642. The maximum Gasteiger partial charge on any atom is 0.416 e. The average Bonchev–Trinajstić information content (AvgIpc) is 2.46. The number of alkyl halides is 3. The molecule has 108 valence electrons. The molecular weight excluding hydrogens is 283 g/mol. The number of halogens is 3. The number of nitrogens with zero attached hydrogens (tertiary/aromatic N) is 1. The summed E-state index contributed by atoms with van der Waals surface area (Å²) >= 11 is 0. The molecule has 0 amide bonds. The Balaban J connectivity index is 1.98. The Hall–Kier alpha value is -2.59. The van der Waals surface area contributed by atoms with Crippen LogP contribution in [0, 0.1) is 0 Å². The van der Waals surface area contributed by atoms with Crippen LogP contribution >= 0.6 is 0 Å². The minimum atomic E-state index is -4.34. The lowest BCUT2D eigenvalue weighted by atomic mass is 10.1. The predicted molar refractivity (Wildman–Crippen MR) is 70.0 cm³/mol. The van der Waals surface area contributed by atoms with Gasteiger partial charge in [0.2, 0.25) is 6.08 Å². The van der Waals surface area contributed by atoms with Crippen molar-refractivity contribution in [1.29, 1.82) is 0 Å². The van der Waals surface area contributed by atoms with Gasteiger partial charge in [-0.15, -0.1) is 0 Å². The van der Waals surface area contributed by atoms with Crippen LogP contribution in [0.15, 0.2) is 53.5 Å². The Kier molecular flexibility index (Phi) is 4.40. The molecule has 21 heavy (non-hydrogen) atoms. The third-order valence-electron chi connectivity index (χ3n) is 2.70. The molecule has 2 rings (SSSR count). The van der Waals surface area contributed by atoms with Crippen LogP contribution in [-0.2, 0) is 17.6 Å². The molecule has 0 aliphatic carbocycles. The van der Waals surface area contributed by atoms with Crippen molar-refractivity contribution < 1.29 is 22.7 Å². The molecule has 0 aromatic heterocycles. The highest BCUT2D eigenvalue weighted by Crippen LogP contribution is 2.29. The van der Waals surface area contributed by atoms with E-state index < -0.39 is 11.7 Å². The minimum Gasteiger partial charge on any atom is -0.489 e. The first-order valence-corrected chi connectivity index (χ1v) is 5.96.